The molecule has 0 amide bonds. The smallest absolute Gasteiger partial charge is 0.343 e. The molecule has 1 aliphatic rings. The fourth-order valence-electron chi connectivity index (χ4n) is 1.72. The van der Waals surface area contributed by atoms with Gasteiger partial charge in [-0.1, -0.05) is 0 Å². The van der Waals surface area contributed by atoms with E-state index in [-0.39, 0.29) is 11.5 Å². The van der Waals surface area contributed by atoms with Gasteiger partial charge in [0.25, 0.3) is 5.56 Å². The van der Waals surface area contributed by atoms with Crippen LogP contribution < -0.4 is 5.56 Å². The zero-order valence-corrected chi connectivity index (χ0v) is 9.55. The van der Waals surface area contributed by atoms with Gasteiger partial charge in [0, 0.05) is 13.0 Å². The molecular formula is C11H14N2O4. The summed E-state index contributed by atoms with van der Waals surface area (Å²) in [7, 11) is 1.52. The zero-order chi connectivity index (χ0) is 12.4. The van der Waals surface area contributed by atoms with Gasteiger partial charge in [-0.3, -0.25) is 9.36 Å². The molecule has 1 saturated carbocycles. The number of aromatic carboxylic acids is 1. The lowest BCUT2D eigenvalue weighted by Crippen LogP contribution is -2.30. The van der Waals surface area contributed by atoms with E-state index in [4.69, 9.17) is 9.84 Å². The van der Waals surface area contributed by atoms with Gasteiger partial charge in [-0.05, 0) is 12.8 Å². The van der Waals surface area contributed by atoms with Gasteiger partial charge in [0.1, 0.15) is 5.56 Å². The lowest BCUT2D eigenvalue weighted by atomic mass is 10.1. The molecule has 1 heterocycles. The SMILES string of the molecule is COCCn1cnc(C2CC2)c(C(=O)O)c1=O. The largest absolute Gasteiger partial charge is 0.477 e. The summed E-state index contributed by atoms with van der Waals surface area (Å²) in [5.41, 5.74) is -0.256. The Bertz CT molecular complexity index is 491. The van der Waals surface area contributed by atoms with Crippen molar-refractivity contribution < 1.29 is 14.6 Å². The summed E-state index contributed by atoms with van der Waals surface area (Å²) in [6.07, 6.45) is 3.23. The molecule has 0 saturated heterocycles. The fourth-order valence-corrected chi connectivity index (χ4v) is 1.72. The molecule has 0 aliphatic heterocycles. The molecule has 0 unspecified atom stereocenters. The van der Waals surface area contributed by atoms with E-state index in [0.29, 0.717) is 18.8 Å². The Kier molecular flexibility index (Phi) is 3.23. The van der Waals surface area contributed by atoms with Gasteiger partial charge < -0.3 is 9.84 Å². The molecule has 92 valence electrons. The van der Waals surface area contributed by atoms with Gasteiger partial charge >= 0.3 is 5.97 Å². The number of carboxylic acid groups (broad SMARTS) is 1. The monoisotopic (exact) mass is 238 g/mol. The van der Waals surface area contributed by atoms with E-state index >= 15 is 0 Å². The molecule has 0 bridgehead atoms. The van der Waals surface area contributed by atoms with Crippen LogP contribution in [0.15, 0.2) is 11.1 Å². The Morgan fingerprint density at radius 2 is 2.35 bits per heavy atom. The molecule has 0 radical (unpaired) electrons. The summed E-state index contributed by atoms with van der Waals surface area (Å²) >= 11 is 0. The average Bonchev–Trinajstić information content (AvgIpc) is 3.10. The predicted molar refractivity (Wildman–Crippen MR) is 59.3 cm³/mol. The van der Waals surface area contributed by atoms with E-state index in [0.717, 1.165) is 12.8 Å². The van der Waals surface area contributed by atoms with Gasteiger partial charge in [-0.25, -0.2) is 9.78 Å². The van der Waals surface area contributed by atoms with Crippen molar-refractivity contribution in [3.05, 3.63) is 27.9 Å². The minimum absolute atomic E-state index is 0.144. The summed E-state index contributed by atoms with van der Waals surface area (Å²) in [5, 5.41) is 9.09. The molecule has 6 nitrogen and oxygen atoms in total. The average molecular weight is 238 g/mol. The summed E-state index contributed by atoms with van der Waals surface area (Å²) < 4.78 is 6.13. The number of rotatable bonds is 5. The predicted octanol–water partition coefficient (Wildman–Crippen LogP) is 0.465. The van der Waals surface area contributed by atoms with Crippen LogP contribution in [0.5, 0.6) is 0 Å². The highest BCUT2D eigenvalue weighted by molar-refractivity contribution is 5.88. The Hall–Kier alpha value is -1.69. The maximum atomic E-state index is 12.0. The number of nitrogens with zero attached hydrogens (tertiary/aromatic N) is 2. The lowest BCUT2D eigenvalue weighted by Gasteiger charge is -2.08. The van der Waals surface area contributed by atoms with E-state index in [2.05, 4.69) is 4.98 Å². The molecule has 0 spiro atoms. The molecule has 1 aromatic heterocycles. The van der Waals surface area contributed by atoms with E-state index in [1.807, 2.05) is 0 Å². The van der Waals surface area contributed by atoms with Crippen molar-refractivity contribution in [2.75, 3.05) is 13.7 Å². The first kappa shape index (κ1) is 11.8. The van der Waals surface area contributed by atoms with Crippen LogP contribution in [0.1, 0.15) is 34.8 Å². The number of aromatic nitrogens is 2. The quantitative estimate of drug-likeness (QED) is 0.806. The van der Waals surface area contributed by atoms with Gasteiger partial charge in [0.15, 0.2) is 0 Å². The summed E-state index contributed by atoms with van der Waals surface area (Å²) in [6, 6.07) is 0. The second-order valence-corrected chi connectivity index (χ2v) is 4.08. The summed E-state index contributed by atoms with van der Waals surface area (Å²) in [4.78, 5) is 27.2. The minimum atomic E-state index is -1.20. The highest BCUT2D eigenvalue weighted by Gasteiger charge is 2.31. The molecule has 1 fully saturated rings. The second kappa shape index (κ2) is 4.67. The molecule has 2 rings (SSSR count). The molecule has 1 aliphatic carbocycles. The van der Waals surface area contributed by atoms with Crippen molar-refractivity contribution >= 4 is 5.97 Å². The van der Waals surface area contributed by atoms with Crippen LogP contribution in [0.4, 0.5) is 0 Å². The van der Waals surface area contributed by atoms with Crippen molar-refractivity contribution in [3.8, 4) is 0 Å². The Balaban J connectivity index is 2.42. The van der Waals surface area contributed by atoms with E-state index in [1.165, 1.54) is 18.0 Å². The first-order valence-electron chi connectivity index (χ1n) is 5.46. The number of hydrogen-bond donors (Lipinski definition) is 1. The van der Waals surface area contributed by atoms with Crippen LogP contribution in [-0.2, 0) is 11.3 Å². The van der Waals surface area contributed by atoms with E-state index in [9.17, 15) is 9.59 Å². The van der Waals surface area contributed by atoms with Crippen molar-refractivity contribution in [1.82, 2.24) is 9.55 Å². The molecule has 0 atom stereocenters. The van der Waals surface area contributed by atoms with Crippen molar-refractivity contribution in [2.24, 2.45) is 0 Å². The zero-order valence-electron chi connectivity index (χ0n) is 9.55. The summed E-state index contributed by atoms with van der Waals surface area (Å²) in [6.45, 7) is 0.664. The van der Waals surface area contributed by atoms with Gasteiger partial charge in [-0.15, -0.1) is 0 Å². The number of carboxylic acids is 1. The van der Waals surface area contributed by atoms with Crippen LogP contribution in [-0.4, -0.2) is 34.3 Å². The third kappa shape index (κ3) is 2.36. The Labute approximate surface area is 97.9 Å². The van der Waals surface area contributed by atoms with Crippen LogP contribution in [0, 0.1) is 0 Å². The summed E-state index contributed by atoms with van der Waals surface area (Å²) in [5.74, 6) is -1.05. The maximum Gasteiger partial charge on any atom is 0.343 e. The highest BCUT2D eigenvalue weighted by Crippen LogP contribution is 2.39. The maximum absolute atomic E-state index is 12.0. The number of carbonyl (C=O) groups is 1. The standard InChI is InChI=1S/C11H14N2O4/c1-17-5-4-13-6-12-9(7-2-3-7)8(10(13)14)11(15)16/h6-7H,2-5H2,1H3,(H,15,16). The van der Waals surface area contributed by atoms with Crippen molar-refractivity contribution in [2.45, 2.75) is 25.3 Å². The first-order valence-corrected chi connectivity index (χ1v) is 5.46. The third-order valence-corrected chi connectivity index (χ3v) is 2.78. The number of ether oxygens (including phenoxy) is 1. The van der Waals surface area contributed by atoms with Crippen LogP contribution in [0.3, 0.4) is 0 Å². The molecule has 0 aromatic carbocycles. The normalized spacial score (nSPS) is 14.9. The lowest BCUT2D eigenvalue weighted by molar-refractivity contribution is 0.0691. The topological polar surface area (TPSA) is 81.4 Å². The van der Waals surface area contributed by atoms with Gasteiger partial charge in [0.2, 0.25) is 0 Å². The van der Waals surface area contributed by atoms with Crippen molar-refractivity contribution in [1.29, 1.82) is 0 Å². The molecule has 1 aromatic rings. The molecule has 17 heavy (non-hydrogen) atoms. The second-order valence-electron chi connectivity index (χ2n) is 4.08. The van der Waals surface area contributed by atoms with Crippen molar-refractivity contribution in [3.63, 3.8) is 0 Å². The van der Waals surface area contributed by atoms with Gasteiger partial charge in [-0.2, -0.15) is 0 Å². The molecular weight excluding hydrogens is 224 g/mol. The number of methoxy groups -OCH3 is 1. The molecule has 1 N–H and O–H groups in total. The first-order chi connectivity index (χ1) is 8.15. The van der Waals surface area contributed by atoms with E-state index in [1.54, 1.807) is 0 Å². The van der Waals surface area contributed by atoms with Crippen LogP contribution in [0.2, 0.25) is 0 Å². The minimum Gasteiger partial charge on any atom is -0.477 e. The van der Waals surface area contributed by atoms with Crippen LogP contribution >= 0.6 is 0 Å². The Morgan fingerprint density at radius 3 is 2.88 bits per heavy atom. The van der Waals surface area contributed by atoms with E-state index < -0.39 is 11.5 Å². The number of hydrogen-bond acceptors (Lipinski definition) is 4. The molecule has 6 heteroatoms. The Morgan fingerprint density at radius 1 is 1.65 bits per heavy atom. The van der Waals surface area contributed by atoms with Crippen LogP contribution in [0.25, 0.3) is 0 Å². The van der Waals surface area contributed by atoms with Gasteiger partial charge in [0.05, 0.1) is 25.2 Å². The highest BCUT2D eigenvalue weighted by atomic mass is 16.5. The third-order valence-electron chi connectivity index (χ3n) is 2.78. The fraction of sp³-hybridized carbons (Fsp3) is 0.545.